The van der Waals surface area contributed by atoms with Gasteiger partial charge in [0.15, 0.2) is 5.78 Å². The average Bonchev–Trinajstić information content (AvgIpc) is 3.36. The third kappa shape index (κ3) is 2.67. The molecule has 2 atom stereocenters. The summed E-state index contributed by atoms with van der Waals surface area (Å²) in [4.78, 5) is 25.6. The van der Waals surface area contributed by atoms with Crippen molar-refractivity contribution in [2.45, 2.75) is 36.7 Å². The third-order valence-electron chi connectivity index (χ3n) is 5.60. The Morgan fingerprint density at radius 2 is 2.12 bits per heavy atom. The van der Waals surface area contributed by atoms with Crippen LogP contribution in [0.5, 0.6) is 0 Å². The first-order chi connectivity index (χ1) is 11.8. The van der Waals surface area contributed by atoms with Crippen molar-refractivity contribution >= 4 is 22.7 Å². The molecule has 4 rings (SSSR count). The molecule has 1 aromatic carbocycles. The molecule has 1 saturated heterocycles. The molecular formula is C19H20FNO3S. The van der Waals surface area contributed by atoms with E-state index in [1.54, 1.807) is 25.1 Å². The number of piperidine rings is 1. The number of benzene rings is 1. The number of fused-ring (bicyclic) bond motifs is 1. The number of ketones is 1. The first-order valence-electron chi connectivity index (χ1n) is 8.55. The number of hydrogen-bond acceptors (Lipinski definition) is 5. The van der Waals surface area contributed by atoms with Crippen molar-refractivity contribution < 1.29 is 19.1 Å². The Labute approximate surface area is 150 Å². The van der Waals surface area contributed by atoms with Gasteiger partial charge in [-0.05, 0) is 49.2 Å². The Kier molecular flexibility index (Phi) is 3.90. The Bertz CT molecular complexity index is 791. The van der Waals surface area contributed by atoms with E-state index in [0.717, 1.165) is 24.6 Å². The summed E-state index contributed by atoms with van der Waals surface area (Å²) in [6, 6.07) is 6.40. The first-order valence-corrected chi connectivity index (χ1v) is 9.37. The smallest absolute Gasteiger partial charge is 0.215 e. The summed E-state index contributed by atoms with van der Waals surface area (Å²) in [7, 11) is 0. The highest BCUT2D eigenvalue weighted by atomic mass is 32.2. The predicted octanol–water partition coefficient (Wildman–Crippen LogP) is 2.61. The van der Waals surface area contributed by atoms with Crippen molar-refractivity contribution in [1.82, 2.24) is 4.90 Å². The minimum Gasteiger partial charge on any atom is -0.375 e. The first kappa shape index (κ1) is 16.9. The zero-order valence-electron chi connectivity index (χ0n) is 14.0. The molecule has 25 heavy (non-hydrogen) atoms. The van der Waals surface area contributed by atoms with E-state index in [0.29, 0.717) is 30.6 Å². The molecular weight excluding hydrogens is 341 g/mol. The fraction of sp³-hybridized carbons (Fsp3) is 0.474. The second-order valence-electron chi connectivity index (χ2n) is 7.24. The minimum atomic E-state index is -1.17. The van der Waals surface area contributed by atoms with E-state index < -0.39 is 16.3 Å². The quantitative estimate of drug-likeness (QED) is 0.893. The Morgan fingerprint density at radius 3 is 2.80 bits per heavy atom. The van der Waals surface area contributed by atoms with Crippen molar-refractivity contribution in [3.63, 3.8) is 0 Å². The molecule has 1 aromatic rings. The van der Waals surface area contributed by atoms with Gasteiger partial charge in [0.25, 0.3) is 0 Å². The van der Waals surface area contributed by atoms with Crippen LogP contribution in [-0.2, 0) is 15.1 Å². The van der Waals surface area contributed by atoms with Crippen molar-refractivity contribution in [1.29, 1.82) is 0 Å². The highest BCUT2D eigenvalue weighted by Gasteiger charge is 2.53. The zero-order chi connectivity index (χ0) is 17.8. The van der Waals surface area contributed by atoms with Gasteiger partial charge in [-0.25, -0.2) is 4.39 Å². The fourth-order valence-electron chi connectivity index (χ4n) is 3.91. The van der Waals surface area contributed by atoms with Gasteiger partial charge in [-0.1, -0.05) is 18.2 Å². The summed E-state index contributed by atoms with van der Waals surface area (Å²) in [5, 5.41) is 10.5. The van der Waals surface area contributed by atoms with E-state index in [-0.39, 0.29) is 16.8 Å². The lowest BCUT2D eigenvalue weighted by molar-refractivity contribution is -0.133. The number of halogens is 1. The molecule has 2 fully saturated rings. The van der Waals surface area contributed by atoms with E-state index >= 15 is 0 Å². The molecule has 132 valence electrons. The summed E-state index contributed by atoms with van der Waals surface area (Å²) in [5.74, 6) is -0.398. The molecule has 1 saturated carbocycles. The zero-order valence-corrected chi connectivity index (χ0v) is 14.8. The second-order valence-corrected chi connectivity index (χ2v) is 8.52. The average molecular weight is 361 g/mol. The molecule has 3 aliphatic rings. The van der Waals surface area contributed by atoms with Crippen LogP contribution in [0.3, 0.4) is 0 Å². The molecule has 0 aromatic heterocycles. The lowest BCUT2D eigenvalue weighted by atomic mass is 9.81. The highest BCUT2D eigenvalue weighted by molar-refractivity contribution is 8.15. The molecule has 0 amide bonds. The number of hydrogen-bond donors (Lipinski definition) is 1. The molecule has 2 unspecified atom stereocenters. The molecule has 1 aliphatic carbocycles. The van der Waals surface area contributed by atoms with Gasteiger partial charge in [0, 0.05) is 31.0 Å². The van der Waals surface area contributed by atoms with E-state index in [1.807, 2.05) is 4.90 Å². The summed E-state index contributed by atoms with van der Waals surface area (Å²) in [6.07, 6.45) is 3.49. The van der Waals surface area contributed by atoms with E-state index in [9.17, 15) is 19.1 Å². The van der Waals surface area contributed by atoms with E-state index in [1.165, 1.54) is 12.1 Å². The van der Waals surface area contributed by atoms with E-state index in [2.05, 4.69) is 0 Å². The third-order valence-corrected chi connectivity index (χ3v) is 6.73. The van der Waals surface area contributed by atoms with Gasteiger partial charge in [0.1, 0.15) is 16.3 Å². The molecule has 2 aliphatic heterocycles. The SMILES string of the molecule is CC(C(=O)C1CC1)(c1ccccc1F)N1CCC2(O)SC(=O)C=C2C1. The van der Waals surface area contributed by atoms with Crippen LogP contribution in [0.2, 0.25) is 0 Å². The molecule has 0 radical (unpaired) electrons. The van der Waals surface area contributed by atoms with Crippen LogP contribution < -0.4 is 0 Å². The lowest BCUT2D eigenvalue weighted by Crippen LogP contribution is -2.56. The largest absolute Gasteiger partial charge is 0.375 e. The molecule has 6 heteroatoms. The van der Waals surface area contributed by atoms with Crippen molar-refractivity contribution in [2.75, 3.05) is 13.1 Å². The van der Waals surface area contributed by atoms with Crippen LogP contribution in [0.15, 0.2) is 35.9 Å². The summed E-state index contributed by atoms with van der Waals surface area (Å²) in [5.41, 5.74) is -0.111. The van der Waals surface area contributed by atoms with Crippen LogP contribution in [0.1, 0.15) is 31.7 Å². The molecule has 0 bridgehead atoms. The lowest BCUT2D eigenvalue weighted by Gasteiger charge is -2.46. The van der Waals surface area contributed by atoms with Crippen LogP contribution >= 0.6 is 11.8 Å². The van der Waals surface area contributed by atoms with Gasteiger partial charge in [-0.3, -0.25) is 14.5 Å². The van der Waals surface area contributed by atoms with Gasteiger partial charge in [-0.15, -0.1) is 0 Å². The number of rotatable bonds is 4. The Morgan fingerprint density at radius 1 is 1.40 bits per heavy atom. The van der Waals surface area contributed by atoms with Gasteiger partial charge in [0.05, 0.1) is 0 Å². The Balaban J connectivity index is 1.75. The highest BCUT2D eigenvalue weighted by Crippen LogP contribution is 2.48. The number of Topliss-reactive ketones (excluding diaryl/α,β-unsaturated/α-hetero) is 1. The van der Waals surface area contributed by atoms with Crippen molar-refractivity contribution in [3.8, 4) is 0 Å². The van der Waals surface area contributed by atoms with Gasteiger partial charge < -0.3 is 5.11 Å². The monoisotopic (exact) mass is 361 g/mol. The summed E-state index contributed by atoms with van der Waals surface area (Å²) < 4.78 is 14.6. The number of thioether (sulfide) groups is 1. The molecule has 1 N–H and O–H groups in total. The molecule has 0 spiro atoms. The number of carbonyl (C=O) groups is 2. The maximum Gasteiger partial charge on any atom is 0.215 e. The van der Waals surface area contributed by atoms with Crippen LogP contribution in [-0.4, -0.2) is 38.9 Å². The topological polar surface area (TPSA) is 57.6 Å². The molecule has 4 nitrogen and oxygen atoms in total. The normalized spacial score (nSPS) is 29.1. The van der Waals surface area contributed by atoms with Gasteiger partial charge in [-0.2, -0.15) is 0 Å². The maximum atomic E-state index is 14.6. The van der Waals surface area contributed by atoms with Crippen LogP contribution in [0, 0.1) is 11.7 Å². The standard InChI is InChI=1S/C19H20FNO3S/c1-18(17(23)12-6-7-12,14-4-2-3-5-15(14)20)21-9-8-19(24)13(11-21)10-16(22)25-19/h2-5,10,12,24H,6-9,11H2,1H3. The fourth-order valence-corrected chi connectivity index (χ4v) is 4.89. The second kappa shape index (κ2) is 5.76. The van der Waals surface area contributed by atoms with Crippen LogP contribution in [0.4, 0.5) is 4.39 Å². The van der Waals surface area contributed by atoms with E-state index in [4.69, 9.17) is 0 Å². The number of aliphatic hydroxyl groups is 1. The Hall–Kier alpha value is -1.50. The molecule has 2 heterocycles. The maximum absolute atomic E-state index is 14.6. The van der Waals surface area contributed by atoms with Crippen molar-refractivity contribution in [2.24, 2.45) is 5.92 Å². The summed E-state index contributed by atoms with van der Waals surface area (Å²) in [6.45, 7) is 2.50. The van der Waals surface area contributed by atoms with Crippen molar-refractivity contribution in [3.05, 3.63) is 47.3 Å². The summed E-state index contributed by atoms with van der Waals surface area (Å²) >= 11 is 0.929. The van der Waals surface area contributed by atoms with Gasteiger partial charge in [0.2, 0.25) is 5.12 Å². The number of nitrogens with zero attached hydrogens (tertiary/aromatic N) is 1. The number of carbonyl (C=O) groups excluding carboxylic acids is 2. The number of likely N-dealkylation sites (tertiary alicyclic amines) is 1. The predicted molar refractivity (Wildman–Crippen MR) is 93.3 cm³/mol. The van der Waals surface area contributed by atoms with Gasteiger partial charge >= 0.3 is 0 Å². The van der Waals surface area contributed by atoms with Crippen LogP contribution in [0.25, 0.3) is 0 Å². The minimum absolute atomic E-state index is 0.0283.